The van der Waals surface area contributed by atoms with Crippen molar-refractivity contribution >= 4 is 34.6 Å². The molecule has 0 saturated carbocycles. The van der Waals surface area contributed by atoms with Crippen LogP contribution >= 0.6 is 0 Å². The van der Waals surface area contributed by atoms with E-state index in [2.05, 4.69) is 16.4 Å². The van der Waals surface area contributed by atoms with Crippen molar-refractivity contribution in [3.05, 3.63) is 71.9 Å². The number of anilines is 1. The van der Waals surface area contributed by atoms with Gasteiger partial charge in [0.05, 0.1) is 17.8 Å². The summed E-state index contributed by atoms with van der Waals surface area (Å²) in [5.74, 6) is -0.200. The molecule has 0 atom stereocenters. The van der Waals surface area contributed by atoms with Gasteiger partial charge in [0, 0.05) is 11.1 Å². The van der Waals surface area contributed by atoms with E-state index in [9.17, 15) is 4.79 Å². The summed E-state index contributed by atoms with van der Waals surface area (Å²) in [6.07, 6.45) is 3.96. The van der Waals surface area contributed by atoms with Gasteiger partial charge >= 0.3 is 0 Å². The number of carbonyl (C=O) groups is 1. The second kappa shape index (κ2) is 6.85. The zero-order valence-electron chi connectivity index (χ0n) is 12.6. The van der Waals surface area contributed by atoms with Crippen LogP contribution in [0.4, 0.5) is 5.69 Å². The maximum absolute atomic E-state index is 11.2. The molecule has 0 fully saturated rings. The van der Waals surface area contributed by atoms with Crippen molar-refractivity contribution < 1.29 is 4.79 Å². The number of nitrogens with zero attached hydrogens (tertiary/aromatic N) is 1. The topological polar surface area (TPSA) is 68.0 Å². The van der Waals surface area contributed by atoms with Crippen molar-refractivity contribution in [1.82, 2.24) is 4.98 Å². The molecule has 4 nitrogen and oxygen atoms in total. The molecule has 0 bridgehead atoms. The number of rotatable bonds is 4. The Bertz CT molecular complexity index is 854. The molecule has 23 heavy (non-hydrogen) atoms. The Labute approximate surface area is 134 Å². The van der Waals surface area contributed by atoms with E-state index >= 15 is 0 Å². The maximum Gasteiger partial charge on any atom is 0.238 e. The van der Waals surface area contributed by atoms with Crippen LogP contribution in [0.2, 0.25) is 0 Å². The lowest BCUT2D eigenvalue weighted by Crippen LogP contribution is -2.21. The fraction of sp³-hybridized carbons (Fsp3) is 0.0526. The number of hydrogen-bond acceptors (Lipinski definition) is 3. The van der Waals surface area contributed by atoms with E-state index in [1.54, 1.807) is 0 Å². The van der Waals surface area contributed by atoms with Gasteiger partial charge < -0.3 is 11.1 Å². The number of nitrogens with two attached hydrogens (primary N) is 1. The molecule has 0 aliphatic carbocycles. The highest BCUT2D eigenvalue weighted by Crippen LogP contribution is 2.15. The molecule has 0 unspecified atom stereocenters. The highest BCUT2D eigenvalue weighted by atomic mass is 16.1. The summed E-state index contributed by atoms with van der Waals surface area (Å²) >= 11 is 0. The van der Waals surface area contributed by atoms with Gasteiger partial charge in [-0.1, -0.05) is 42.5 Å². The Morgan fingerprint density at radius 2 is 1.78 bits per heavy atom. The zero-order valence-corrected chi connectivity index (χ0v) is 12.6. The second-order valence-corrected chi connectivity index (χ2v) is 5.14. The highest BCUT2D eigenvalue weighted by Gasteiger charge is 1.98. The normalized spacial score (nSPS) is 11.0. The van der Waals surface area contributed by atoms with Crippen LogP contribution in [-0.2, 0) is 4.79 Å². The zero-order chi connectivity index (χ0) is 16.1. The number of pyridine rings is 1. The van der Waals surface area contributed by atoms with Gasteiger partial charge in [-0.3, -0.25) is 4.79 Å². The molecule has 0 saturated heterocycles. The van der Waals surface area contributed by atoms with E-state index in [1.165, 1.54) is 0 Å². The number of hydrogen-bond donors (Lipinski definition) is 2. The first kappa shape index (κ1) is 14.9. The standard InChI is InChI=1S/C19H17N3O/c20-13-19(23)22-17-10-6-14(7-11-17)5-9-16-12-8-15-3-1-2-4-18(15)21-16/h1-12H,13,20H2,(H,22,23)/b9-5+. The maximum atomic E-state index is 11.2. The minimum atomic E-state index is -0.200. The van der Waals surface area contributed by atoms with Crippen LogP contribution in [0.5, 0.6) is 0 Å². The third-order valence-corrected chi connectivity index (χ3v) is 3.45. The lowest BCUT2D eigenvalue weighted by atomic mass is 10.1. The monoisotopic (exact) mass is 303 g/mol. The fourth-order valence-electron chi connectivity index (χ4n) is 2.25. The van der Waals surface area contributed by atoms with Crippen LogP contribution in [0.25, 0.3) is 23.1 Å². The van der Waals surface area contributed by atoms with Gasteiger partial charge in [0.15, 0.2) is 0 Å². The van der Waals surface area contributed by atoms with E-state index in [4.69, 9.17) is 5.73 Å². The Morgan fingerprint density at radius 3 is 2.57 bits per heavy atom. The lowest BCUT2D eigenvalue weighted by Gasteiger charge is -2.03. The molecule has 114 valence electrons. The molecule has 3 N–H and O–H groups in total. The summed E-state index contributed by atoms with van der Waals surface area (Å²) < 4.78 is 0. The van der Waals surface area contributed by atoms with Crippen LogP contribution in [0.1, 0.15) is 11.3 Å². The Morgan fingerprint density at radius 1 is 1.00 bits per heavy atom. The molecular formula is C19H17N3O. The number of nitrogens with one attached hydrogen (secondary N) is 1. The van der Waals surface area contributed by atoms with Crippen molar-refractivity contribution in [3.8, 4) is 0 Å². The largest absolute Gasteiger partial charge is 0.325 e. The van der Waals surface area contributed by atoms with Gasteiger partial charge in [-0.25, -0.2) is 4.98 Å². The average molecular weight is 303 g/mol. The smallest absolute Gasteiger partial charge is 0.238 e. The number of para-hydroxylation sites is 1. The van der Waals surface area contributed by atoms with Crippen LogP contribution in [0.15, 0.2) is 60.7 Å². The van der Waals surface area contributed by atoms with Gasteiger partial charge in [0.25, 0.3) is 0 Å². The Hall–Kier alpha value is -2.98. The number of amides is 1. The van der Waals surface area contributed by atoms with E-state index in [0.717, 1.165) is 27.8 Å². The van der Waals surface area contributed by atoms with Gasteiger partial charge in [0.1, 0.15) is 0 Å². The molecule has 2 aromatic carbocycles. The van der Waals surface area contributed by atoms with E-state index in [-0.39, 0.29) is 12.5 Å². The molecule has 0 spiro atoms. The van der Waals surface area contributed by atoms with Crippen LogP contribution in [0, 0.1) is 0 Å². The predicted molar refractivity (Wildman–Crippen MR) is 94.8 cm³/mol. The molecule has 3 aromatic rings. The summed E-state index contributed by atoms with van der Waals surface area (Å²) in [5, 5.41) is 3.84. The van der Waals surface area contributed by atoms with Crippen molar-refractivity contribution in [3.63, 3.8) is 0 Å². The molecule has 1 heterocycles. The molecule has 0 radical (unpaired) electrons. The van der Waals surface area contributed by atoms with E-state index < -0.39 is 0 Å². The van der Waals surface area contributed by atoms with Crippen LogP contribution in [-0.4, -0.2) is 17.4 Å². The first-order valence-electron chi connectivity index (χ1n) is 7.38. The number of fused-ring (bicyclic) bond motifs is 1. The first-order chi connectivity index (χ1) is 11.2. The number of carbonyl (C=O) groups excluding carboxylic acids is 1. The van der Waals surface area contributed by atoms with Crippen molar-refractivity contribution in [1.29, 1.82) is 0 Å². The molecular weight excluding hydrogens is 286 g/mol. The van der Waals surface area contributed by atoms with Gasteiger partial charge in [-0.15, -0.1) is 0 Å². The van der Waals surface area contributed by atoms with Gasteiger partial charge in [-0.05, 0) is 35.9 Å². The Balaban J connectivity index is 1.74. The highest BCUT2D eigenvalue weighted by molar-refractivity contribution is 5.92. The molecule has 3 rings (SSSR count). The summed E-state index contributed by atoms with van der Waals surface area (Å²) in [6.45, 7) is -0.0186. The quantitative estimate of drug-likeness (QED) is 0.777. The van der Waals surface area contributed by atoms with Gasteiger partial charge in [0.2, 0.25) is 5.91 Å². The van der Waals surface area contributed by atoms with Crippen molar-refractivity contribution in [2.45, 2.75) is 0 Å². The first-order valence-corrected chi connectivity index (χ1v) is 7.38. The minimum absolute atomic E-state index is 0.0186. The molecule has 0 aliphatic rings. The van der Waals surface area contributed by atoms with Crippen molar-refractivity contribution in [2.24, 2.45) is 5.73 Å². The number of aromatic nitrogens is 1. The summed E-state index contributed by atoms with van der Waals surface area (Å²) in [4.78, 5) is 15.8. The fourth-order valence-corrected chi connectivity index (χ4v) is 2.25. The Kier molecular flexibility index (Phi) is 4.45. The molecule has 0 aliphatic heterocycles. The van der Waals surface area contributed by atoms with Crippen LogP contribution < -0.4 is 11.1 Å². The SMILES string of the molecule is NCC(=O)Nc1ccc(/C=C/c2ccc3ccccc3n2)cc1. The van der Waals surface area contributed by atoms with Crippen molar-refractivity contribution in [2.75, 3.05) is 11.9 Å². The summed E-state index contributed by atoms with van der Waals surface area (Å²) in [6, 6.07) is 19.7. The van der Waals surface area contributed by atoms with E-state index in [1.807, 2.05) is 66.7 Å². The van der Waals surface area contributed by atoms with E-state index in [0.29, 0.717) is 0 Å². The molecule has 4 heteroatoms. The number of benzene rings is 2. The average Bonchev–Trinajstić information content (AvgIpc) is 2.61. The third-order valence-electron chi connectivity index (χ3n) is 3.45. The second-order valence-electron chi connectivity index (χ2n) is 5.14. The summed E-state index contributed by atoms with van der Waals surface area (Å²) in [5.41, 5.74) is 8.93. The summed E-state index contributed by atoms with van der Waals surface area (Å²) in [7, 11) is 0. The molecule has 1 amide bonds. The minimum Gasteiger partial charge on any atom is -0.325 e. The third kappa shape index (κ3) is 3.81. The van der Waals surface area contributed by atoms with Gasteiger partial charge in [-0.2, -0.15) is 0 Å². The molecule has 1 aromatic heterocycles. The lowest BCUT2D eigenvalue weighted by molar-refractivity contribution is -0.114. The predicted octanol–water partition coefficient (Wildman–Crippen LogP) is 3.30. The van der Waals surface area contributed by atoms with Crippen LogP contribution in [0.3, 0.4) is 0 Å².